The second kappa shape index (κ2) is 11.7. The van der Waals surface area contributed by atoms with Crippen LogP contribution in [0.15, 0.2) is 48.5 Å². The van der Waals surface area contributed by atoms with Crippen LogP contribution in [-0.2, 0) is 13.0 Å². The van der Waals surface area contributed by atoms with Crippen molar-refractivity contribution in [2.75, 3.05) is 13.7 Å². The number of hydrogen-bond acceptors (Lipinski definition) is 5. The Morgan fingerprint density at radius 1 is 1.11 bits per heavy atom. The normalized spacial score (nSPS) is 19.3. The molecule has 4 rings (SSSR count). The van der Waals surface area contributed by atoms with Crippen LogP contribution >= 0.6 is 0 Å². The van der Waals surface area contributed by atoms with Gasteiger partial charge in [-0.25, -0.2) is 13.8 Å². The van der Waals surface area contributed by atoms with E-state index in [1.54, 1.807) is 13.2 Å². The fraction of sp³-hybridized carbons (Fsp3) is 0.393. The summed E-state index contributed by atoms with van der Waals surface area (Å²) < 4.78 is 32.3. The summed E-state index contributed by atoms with van der Waals surface area (Å²) in [6.07, 6.45) is 8.27. The van der Waals surface area contributed by atoms with Gasteiger partial charge in [-0.3, -0.25) is 0 Å². The molecule has 2 aromatic carbocycles. The number of aliphatic hydroxyl groups excluding tert-OH is 1. The summed E-state index contributed by atoms with van der Waals surface area (Å²) in [6, 6.07) is 11.6. The van der Waals surface area contributed by atoms with Gasteiger partial charge in [0, 0.05) is 35.6 Å². The number of rotatable bonds is 9. The lowest BCUT2D eigenvalue weighted by Crippen LogP contribution is -2.39. The van der Waals surface area contributed by atoms with Gasteiger partial charge in [-0.15, -0.1) is 0 Å². The molecule has 7 heteroatoms. The quantitative estimate of drug-likeness (QED) is 0.411. The number of nitrogens with two attached hydrogens (primary N) is 1. The molecule has 1 atom stereocenters. The van der Waals surface area contributed by atoms with E-state index in [0.29, 0.717) is 30.8 Å². The minimum absolute atomic E-state index is 0.0166. The van der Waals surface area contributed by atoms with Crippen LogP contribution in [0.1, 0.15) is 42.4 Å². The predicted molar refractivity (Wildman–Crippen MR) is 135 cm³/mol. The zero-order valence-corrected chi connectivity index (χ0v) is 20.0. The van der Waals surface area contributed by atoms with E-state index >= 15 is 0 Å². The molecule has 4 N–H and O–H groups in total. The monoisotopic (exact) mass is 481 g/mol. The molecule has 5 nitrogen and oxygen atoms in total. The predicted octanol–water partition coefficient (Wildman–Crippen LogP) is 4.75. The van der Waals surface area contributed by atoms with E-state index in [9.17, 15) is 13.9 Å². The lowest BCUT2D eigenvalue weighted by atomic mass is 9.79. The number of nitrogens with one attached hydrogen (secondary N) is 1. The van der Waals surface area contributed by atoms with E-state index in [1.807, 2.05) is 30.3 Å². The number of pyridine rings is 1. The summed E-state index contributed by atoms with van der Waals surface area (Å²) in [7, 11) is 1.59. The highest BCUT2D eigenvalue weighted by molar-refractivity contribution is 5.85. The molecule has 1 heterocycles. The van der Waals surface area contributed by atoms with E-state index in [1.165, 1.54) is 6.07 Å². The molecule has 0 spiro atoms. The second-order valence-electron chi connectivity index (χ2n) is 9.25. The Morgan fingerprint density at radius 3 is 2.63 bits per heavy atom. The maximum Gasteiger partial charge on any atom is 0.213 e. The van der Waals surface area contributed by atoms with Crippen molar-refractivity contribution in [3.63, 3.8) is 0 Å². The van der Waals surface area contributed by atoms with Gasteiger partial charge in [0.1, 0.15) is 11.6 Å². The van der Waals surface area contributed by atoms with Crippen molar-refractivity contribution in [3.05, 3.63) is 76.9 Å². The van der Waals surface area contributed by atoms with Crippen LogP contribution in [0.2, 0.25) is 0 Å². The van der Waals surface area contributed by atoms with E-state index in [2.05, 4.69) is 10.3 Å². The molecule has 1 aliphatic carbocycles. The molecule has 186 valence electrons. The highest BCUT2D eigenvalue weighted by Gasteiger charge is 2.26. The van der Waals surface area contributed by atoms with Crippen molar-refractivity contribution in [2.24, 2.45) is 11.7 Å². The van der Waals surface area contributed by atoms with E-state index < -0.39 is 11.6 Å². The third-order valence-electron chi connectivity index (χ3n) is 7.00. The van der Waals surface area contributed by atoms with Crippen LogP contribution in [-0.4, -0.2) is 35.8 Å². The number of halogens is 2. The molecule has 0 bridgehead atoms. The average molecular weight is 482 g/mol. The number of methoxy groups -OCH3 is 1. The van der Waals surface area contributed by atoms with Crippen LogP contribution in [0.25, 0.3) is 17.0 Å². The third-order valence-corrected chi connectivity index (χ3v) is 7.00. The van der Waals surface area contributed by atoms with Gasteiger partial charge in [0.15, 0.2) is 0 Å². The lowest BCUT2D eigenvalue weighted by Gasteiger charge is -2.32. The van der Waals surface area contributed by atoms with Crippen LogP contribution in [0, 0.1) is 17.6 Å². The highest BCUT2D eigenvalue weighted by atomic mass is 19.1. The number of aliphatic hydroxyl groups is 1. The van der Waals surface area contributed by atoms with Crippen molar-refractivity contribution in [1.29, 1.82) is 0 Å². The fourth-order valence-corrected chi connectivity index (χ4v) is 4.97. The summed E-state index contributed by atoms with van der Waals surface area (Å²) in [5, 5.41) is 14.1. The van der Waals surface area contributed by atoms with Gasteiger partial charge in [-0.05, 0) is 73.4 Å². The van der Waals surface area contributed by atoms with Gasteiger partial charge in [-0.1, -0.05) is 24.3 Å². The Bertz CT molecular complexity index is 1180. The van der Waals surface area contributed by atoms with Gasteiger partial charge >= 0.3 is 0 Å². The fourth-order valence-electron chi connectivity index (χ4n) is 4.97. The largest absolute Gasteiger partial charge is 0.481 e. The summed E-state index contributed by atoms with van der Waals surface area (Å²) in [6.45, 7) is 0.564. The lowest BCUT2D eigenvalue weighted by molar-refractivity contribution is 0.261. The molecule has 1 aliphatic rings. The zero-order chi connectivity index (χ0) is 24.8. The average Bonchev–Trinajstić information content (AvgIpc) is 2.88. The van der Waals surface area contributed by atoms with Gasteiger partial charge in [0.05, 0.1) is 19.2 Å². The highest BCUT2D eigenvalue weighted by Crippen LogP contribution is 2.30. The number of ether oxygens (including phenoxy) is 1. The molecule has 0 saturated heterocycles. The smallest absolute Gasteiger partial charge is 0.213 e. The Hall–Kier alpha value is -2.87. The molecular formula is C28H33F2N3O2. The SMILES string of the molecule is COc1ccc2c(CO)ccc(CC(N)C3CCC(NCC=Cc4cc(F)ccc4F)CC3)c2n1. The van der Waals surface area contributed by atoms with Gasteiger partial charge < -0.3 is 20.9 Å². The van der Waals surface area contributed by atoms with Crippen molar-refractivity contribution >= 4 is 17.0 Å². The molecule has 0 radical (unpaired) electrons. The first kappa shape index (κ1) is 25.2. The first-order chi connectivity index (χ1) is 17.0. The molecule has 1 saturated carbocycles. The number of fused-ring (bicyclic) bond motifs is 1. The number of nitrogens with zero attached hydrogens (tertiary/aromatic N) is 1. The van der Waals surface area contributed by atoms with Crippen LogP contribution in [0.3, 0.4) is 0 Å². The molecule has 1 unspecified atom stereocenters. The van der Waals surface area contributed by atoms with E-state index in [-0.39, 0.29) is 18.2 Å². The third kappa shape index (κ3) is 6.23. The van der Waals surface area contributed by atoms with Crippen molar-refractivity contribution in [3.8, 4) is 5.88 Å². The molecule has 35 heavy (non-hydrogen) atoms. The minimum atomic E-state index is -0.444. The first-order valence-corrected chi connectivity index (χ1v) is 12.2. The maximum absolute atomic E-state index is 13.7. The Labute approximate surface area is 205 Å². The zero-order valence-electron chi connectivity index (χ0n) is 20.0. The van der Waals surface area contributed by atoms with Crippen molar-refractivity contribution in [1.82, 2.24) is 10.3 Å². The van der Waals surface area contributed by atoms with Gasteiger partial charge in [0.25, 0.3) is 0 Å². The van der Waals surface area contributed by atoms with Gasteiger partial charge in [0.2, 0.25) is 5.88 Å². The number of aromatic nitrogens is 1. The second-order valence-corrected chi connectivity index (χ2v) is 9.25. The molecule has 1 fully saturated rings. The standard InChI is InChI=1S/C28H33F2N3O2/c1-35-27-13-11-24-21(17-34)5-4-20(28(24)33-27)16-26(31)18-6-9-23(10-7-18)32-14-2-3-19-15-22(29)8-12-25(19)30/h2-5,8,11-13,15,18,23,26,32,34H,6-7,9-10,14,16-17,31H2,1H3. The summed E-state index contributed by atoms with van der Waals surface area (Å²) in [5.74, 6) is 0.0943. The number of benzene rings is 2. The van der Waals surface area contributed by atoms with E-state index in [4.69, 9.17) is 10.5 Å². The van der Waals surface area contributed by atoms with Crippen molar-refractivity contribution < 1.29 is 18.6 Å². The van der Waals surface area contributed by atoms with Crippen molar-refractivity contribution in [2.45, 2.75) is 50.8 Å². The maximum atomic E-state index is 13.7. The summed E-state index contributed by atoms with van der Waals surface area (Å²) in [5.41, 5.74) is 9.67. The van der Waals surface area contributed by atoms with E-state index in [0.717, 1.165) is 59.8 Å². The molecule has 1 aromatic heterocycles. The number of hydrogen-bond donors (Lipinski definition) is 3. The van der Waals surface area contributed by atoms with Gasteiger partial charge in [-0.2, -0.15) is 0 Å². The molecule has 0 amide bonds. The minimum Gasteiger partial charge on any atom is -0.481 e. The van der Waals surface area contributed by atoms with Crippen LogP contribution in [0.4, 0.5) is 8.78 Å². The Balaban J connectivity index is 1.31. The summed E-state index contributed by atoms with van der Waals surface area (Å²) in [4.78, 5) is 4.64. The van der Waals surface area contributed by atoms with Crippen LogP contribution in [0.5, 0.6) is 5.88 Å². The molecule has 0 aliphatic heterocycles. The topological polar surface area (TPSA) is 80.4 Å². The molecule has 3 aromatic rings. The Morgan fingerprint density at radius 2 is 1.89 bits per heavy atom. The van der Waals surface area contributed by atoms with Crippen LogP contribution < -0.4 is 15.8 Å². The summed E-state index contributed by atoms with van der Waals surface area (Å²) >= 11 is 0. The Kier molecular flexibility index (Phi) is 8.44. The first-order valence-electron chi connectivity index (χ1n) is 12.2. The molecular weight excluding hydrogens is 448 g/mol.